The lowest BCUT2D eigenvalue weighted by atomic mass is 9.72. The monoisotopic (exact) mass is 352 g/mol. The van der Waals surface area contributed by atoms with Crippen molar-refractivity contribution < 1.29 is 9.18 Å². The van der Waals surface area contributed by atoms with E-state index in [4.69, 9.17) is 0 Å². The van der Waals surface area contributed by atoms with Crippen LogP contribution in [0, 0.1) is 5.82 Å². The van der Waals surface area contributed by atoms with Crippen LogP contribution in [0.4, 0.5) is 4.39 Å². The van der Waals surface area contributed by atoms with Gasteiger partial charge < -0.3 is 5.32 Å². The summed E-state index contributed by atoms with van der Waals surface area (Å²) in [6, 6.07) is 14.3. The number of amides is 1. The van der Waals surface area contributed by atoms with Crippen molar-refractivity contribution in [3.05, 3.63) is 71.0 Å². The summed E-state index contributed by atoms with van der Waals surface area (Å²) < 4.78 is 14.3. The molecule has 1 amide bonds. The van der Waals surface area contributed by atoms with E-state index in [1.807, 2.05) is 24.3 Å². The first-order valence-electron chi connectivity index (χ1n) is 8.27. The number of benzene rings is 2. The normalized spacial score (nSPS) is 16.0. The van der Waals surface area contributed by atoms with Gasteiger partial charge in [0.25, 0.3) is 0 Å². The zero-order valence-corrected chi connectivity index (χ0v) is 14.4. The van der Waals surface area contributed by atoms with Crippen molar-refractivity contribution in [2.24, 2.45) is 0 Å². The van der Waals surface area contributed by atoms with E-state index in [-0.39, 0.29) is 17.3 Å². The summed E-state index contributed by atoms with van der Waals surface area (Å²) in [5, 5.41) is 3.90. The number of rotatable bonds is 4. The predicted molar refractivity (Wildman–Crippen MR) is 98.7 cm³/mol. The molecule has 4 rings (SSSR count). The molecule has 1 N–H and O–H groups in total. The fourth-order valence-corrected chi connectivity index (χ4v) is 4.04. The van der Waals surface area contributed by atoms with Crippen molar-refractivity contribution >= 4 is 33.5 Å². The van der Waals surface area contributed by atoms with Crippen LogP contribution < -0.4 is 5.32 Å². The summed E-state index contributed by atoms with van der Waals surface area (Å²) in [5.41, 5.74) is 1.53. The Balaban J connectivity index is 1.49. The number of hydrogen-bond acceptors (Lipinski definition) is 3. The molecule has 2 aromatic carbocycles. The minimum absolute atomic E-state index is 0.150. The Hall–Kier alpha value is -2.53. The van der Waals surface area contributed by atoms with Gasteiger partial charge >= 0.3 is 0 Å². The van der Waals surface area contributed by atoms with E-state index in [2.05, 4.69) is 10.3 Å². The smallest absolute Gasteiger partial charge is 0.244 e. The Bertz CT molecular complexity index is 909. The maximum absolute atomic E-state index is 13.2. The van der Waals surface area contributed by atoms with Gasteiger partial charge in [-0.15, -0.1) is 11.3 Å². The molecule has 25 heavy (non-hydrogen) atoms. The van der Waals surface area contributed by atoms with Crippen molar-refractivity contribution in [1.82, 2.24) is 10.3 Å². The molecule has 3 aromatic rings. The molecule has 1 aliphatic rings. The molecule has 3 nitrogen and oxygen atoms in total. The lowest BCUT2D eigenvalue weighted by molar-refractivity contribution is -0.119. The summed E-state index contributed by atoms with van der Waals surface area (Å²) in [6.45, 7) is 0. The lowest BCUT2D eigenvalue weighted by Crippen LogP contribution is -2.50. The summed E-state index contributed by atoms with van der Waals surface area (Å²) in [5.74, 6) is -0.413. The molecule has 1 heterocycles. The second kappa shape index (κ2) is 6.41. The highest BCUT2D eigenvalue weighted by atomic mass is 32.1. The molecule has 5 heteroatoms. The first-order valence-corrected chi connectivity index (χ1v) is 9.08. The maximum Gasteiger partial charge on any atom is 0.244 e. The van der Waals surface area contributed by atoms with E-state index in [1.165, 1.54) is 18.2 Å². The van der Waals surface area contributed by atoms with Crippen LogP contribution in [0.25, 0.3) is 16.3 Å². The van der Waals surface area contributed by atoms with Crippen LogP contribution in [-0.4, -0.2) is 10.9 Å². The quantitative estimate of drug-likeness (QED) is 0.695. The summed E-state index contributed by atoms with van der Waals surface area (Å²) in [7, 11) is 0. The molecule has 0 bridgehead atoms. The number of carbonyl (C=O) groups excluding carboxylic acids is 1. The Labute approximate surface area is 149 Å². The SMILES string of the molecule is O=C(/C=C/c1nc2ccccc2s1)NC1(c2ccc(F)cc2)CCC1. The zero-order chi connectivity index (χ0) is 17.3. The number of halogens is 1. The Morgan fingerprint density at radius 2 is 1.92 bits per heavy atom. The highest BCUT2D eigenvalue weighted by Crippen LogP contribution is 2.41. The van der Waals surface area contributed by atoms with E-state index < -0.39 is 0 Å². The average molecular weight is 352 g/mol. The fourth-order valence-electron chi connectivity index (χ4n) is 3.17. The molecule has 0 saturated heterocycles. The topological polar surface area (TPSA) is 42.0 Å². The van der Waals surface area contributed by atoms with E-state index >= 15 is 0 Å². The van der Waals surface area contributed by atoms with Crippen LogP contribution in [0.3, 0.4) is 0 Å². The molecular weight excluding hydrogens is 335 g/mol. The van der Waals surface area contributed by atoms with Crippen molar-refractivity contribution in [1.29, 1.82) is 0 Å². The average Bonchev–Trinajstić information content (AvgIpc) is 3.00. The molecule has 1 aromatic heterocycles. The third-order valence-corrected chi connectivity index (χ3v) is 5.66. The van der Waals surface area contributed by atoms with Crippen molar-refractivity contribution in [2.45, 2.75) is 24.8 Å². The highest BCUT2D eigenvalue weighted by Gasteiger charge is 2.39. The van der Waals surface area contributed by atoms with Crippen molar-refractivity contribution in [2.75, 3.05) is 0 Å². The van der Waals surface area contributed by atoms with Crippen molar-refractivity contribution in [3.8, 4) is 0 Å². The molecular formula is C20H17FN2OS. The number of para-hydroxylation sites is 1. The van der Waals surface area contributed by atoms with Gasteiger partial charge in [0.2, 0.25) is 5.91 Å². The molecule has 1 saturated carbocycles. The number of fused-ring (bicyclic) bond motifs is 1. The molecule has 126 valence electrons. The third kappa shape index (κ3) is 3.20. The van der Waals surface area contributed by atoms with E-state index in [1.54, 1.807) is 29.5 Å². The number of nitrogens with one attached hydrogen (secondary N) is 1. The number of aromatic nitrogens is 1. The fraction of sp³-hybridized carbons (Fsp3) is 0.200. The van der Waals surface area contributed by atoms with E-state index in [9.17, 15) is 9.18 Å². The lowest BCUT2D eigenvalue weighted by Gasteiger charge is -2.42. The first-order chi connectivity index (χ1) is 12.1. The predicted octanol–water partition coefficient (Wildman–Crippen LogP) is 4.64. The summed E-state index contributed by atoms with van der Waals surface area (Å²) in [6.07, 6.45) is 6.08. The number of nitrogens with zero attached hydrogens (tertiary/aromatic N) is 1. The Morgan fingerprint density at radius 3 is 2.60 bits per heavy atom. The van der Waals surface area contributed by atoms with Gasteiger partial charge in [-0.2, -0.15) is 0 Å². The Kier molecular flexibility index (Phi) is 4.09. The molecule has 1 aliphatic carbocycles. The summed E-state index contributed by atoms with van der Waals surface area (Å²) >= 11 is 1.56. The van der Waals surface area contributed by atoms with E-state index in [0.717, 1.165) is 40.1 Å². The van der Waals surface area contributed by atoms with Crippen LogP contribution in [0.5, 0.6) is 0 Å². The van der Waals surface area contributed by atoms with Gasteiger partial charge in [0.05, 0.1) is 15.8 Å². The molecule has 0 spiro atoms. The van der Waals surface area contributed by atoms with Crippen LogP contribution in [0.2, 0.25) is 0 Å². The van der Waals surface area contributed by atoms with E-state index in [0.29, 0.717) is 0 Å². The van der Waals surface area contributed by atoms with Gasteiger partial charge in [0, 0.05) is 6.08 Å². The number of hydrogen-bond donors (Lipinski definition) is 1. The summed E-state index contributed by atoms with van der Waals surface area (Å²) in [4.78, 5) is 16.9. The van der Waals surface area contributed by atoms with Crippen LogP contribution in [-0.2, 0) is 10.3 Å². The molecule has 1 fully saturated rings. The standard InChI is InChI=1S/C20H17FN2OS/c21-15-8-6-14(7-9-15)20(12-3-13-20)23-18(24)10-11-19-22-16-4-1-2-5-17(16)25-19/h1-2,4-11H,3,12-13H2,(H,23,24)/b11-10+. The van der Waals surface area contributed by atoms with Gasteiger partial charge in [-0.05, 0) is 55.2 Å². The van der Waals surface area contributed by atoms with Crippen LogP contribution in [0.1, 0.15) is 29.8 Å². The second-order valence-corrected chi connectivity index (χ2v) is 7.35. The highest BCUT2D eigenvalue weighted by molar-refractivity contribution is 7.19. The van der Waals surface area contributed by atoms with Gasteiger partial charge in [-0.25, -0.2) is 9.37 Å². The van der Waals surface area contributed by atoms with Crippen molar-refractivity contribution in [3.63, 3.8) is 0 Å². The minimum Gasteiger partial charge on any atom is -0.343 e. The van der Waals surface area contributed by atoms with Gasteiger partial charge in [0.1, 0.15) is 10.8 Å². The largest absolute Gasteiger partial charge is 0.343 e. The third-order valence-electron chi connectivity index (χ3n) is 4.65. The van der Waals surface area contributed by atoms with Gasteiger partial charge in [-0.3, -0.25) is 4.79 Å². The second-order valence-electron chi connectivity index (χ2n) is 6.28. The van der Waals surface area contributed by atoms with Crippen LogP contribution in [0.15, 0.2) is 54.6 Å². The van der Waals surface area contributed by atoms with Gasteiger partial charge in [-0.1, -0.05) is 24.3 Å². The maximum atomic E-state index is 13.2. The van der Waals surface area contributed by atoms with Crippen LogP contribution >= 0.6 is 11.3 Å². The number of carbonyl (C=O) groups is 1. The number of thiazole rings is 1. The first kappa shape index (κ1) is 16.0. The zero-order valence-electron chi connectivity index (χ0n) is 13.5. The Morgan fingerprint density at radius 1 is 1.16 bits per heavy atom. The molecule has 0 unspecified atom stereocenters. The molecule has 0 atom stereocenters. The van der Waals surface area contributed by atoms with Gasteiger partial charge in [0.15, 0.2) is 0 Å². The minimum atomic E-state index is -0.372. The molecule has 0 aliphatic heterocycles. The molecule has 0 radical (unpaired) electrons.